The second kappa shape index (κ2) is 5.30. The minimum atomic E-state index is -2.41. The third kappa shape index (κ3) is 2.39. The Balaban J connectivity index is 3.13. The first kappa shape index (κ1) is 12.2. The minimum Gasteiger partial charge on any atom is -0.508 e. The van der Waals surface area contributed by atoms with Gasteiger partial charge in [-0.2, -0.15) is 0 Å². The van der Waals surface area contributed by atoms with Crippen LogP contribution in [0.25, 0.3) is 0 Å². The van der Waals surface area contributed by atoms with E-state index in [1.54, 1.807) is 26.4 Å². The lowest BCUT2D eigenvalue weighted by Crippen LogP contribution is -2.52. The van der Waals surface area contributed by atoms with Gasteiger partial charge in [-0.1, -0.05) is 31.5 Å². The Hall–Kier alpha value is -0.843. The zero-order chi connectivity index (χ0) is 11.3. The van der Waals surface area contributed by atoms with Crippen LogP contribution >= 0.6 is 0 Å². The standard InChI is InChI=1S/C11H18O3Si/c1-4-9-15(13-2,14-3)11-8-6-5-7-10(11)12/h5-8,12H,4,9H2,1-3H3. The Kier molecular flexibility index (Phi) is 4.32. The van der Waals surface area contributed by atoms with Crippen LogP contribution in [0, 0.1) is 0 Å². The minimum absolute atomic E-state index is 0.265. The molecule has 0 heterocycles. The number of rotatable bonds is 5. The van der Waals surface area contributed by atoms with Crippen molar-refractivity contribution in [2.24, 2.45) is 0 Å². The highest BCUT2D eigenvalue weighted by Crippen LogP contribution is 2.19. The molecule has 0 aliphatic rings. The number of hydrogen-bond acceptors (Lipinski definition) is 3. The number of aromatic hydroxyl groups is 1. The Morgan fingerprint density at radius 3 is 2.27 bits per heavy atom. The molecule has 0 saturated carbocycles. The fourth-order valence-electron chi connectivity index (χ4n) is 1.77. The largest absolute Gasteiger partial charge is 0.508 e. The van der Waals surface area contributed by atoms with Crippen LogP contribution in [0.4, 0.5) is 0 Å². The molecule has 0 atom stereocenters. The maximum Gasteiger partial charge on any atom is 0.375 e. The second-order valence-corrected chi connectivity index (χ2v) is 6.79. The molecule has 4 heteroatoms. The molecule has 3 nitrogen and oxygen atoms in total. The summed E-state index contributed by atoms with van der Waals surface area (Å²) in [5, 5.41) is 10.6. The van der Waals surface area contributed by atoms with Crippen molar-refractivity contribution >= 4 is 13.7 Å². The van der Waals surface area contributed by atoms with E-state index >= 15 is 0 Å². The van der Waals surface area contributed by atoms with Gasteiger partial charge in [0.2, 0.25) is 0 Å². The van der Waals surface area contributed by atoms with E-state index in [9.17, 15) is 5.11 Å². The van der Waals surface area contributed by atoms with Crippen molar-refractivity contribution in [1.29, 1.82) is 0 Å². The first-order chi connectivity index (χ1) is 7.20. The first-order valence-corrected chi connectivity index (χ1v) is 7.11. The molecule has 84 valence electrons. The van der Waals surface area contributed by atoms with Crippen LogP contribution in [0.15, 0.2) is 24.3 Å². The SMILES string of the molecule is CCC[Si](OC)(OC)c1ccccc1O. The zero-order valence-electron chi connectivity index (χ0n) is 9.49. The van der Waals surface area contributed by atoms with Crippen LogP contribution in [0.5, 0.6) is 5.75 Å². The van der Waals surface area contributed by atoms with E-state index in [1.807, 2.05) is 12.1 Å². The molecule has 0 fully saturated rings. The average molecular weight is 226 g/mol. The van der Waals surface area contributed by atoms with Crippen molar-refractivity contribution in [1.82, 2.24) is 0 Å². The third-order valence-electron chi connectivity index (χ3n) is 2.55. The normalized spacial score (nSPS) is 11.7. The summed E-state index contributed by atoms with van der Waals surface area (Å²) in [7, 11) is 0.887. The Morgan fingerprint density at radius 1 is 1.20 bits per heavy atom. The van der Waals surface area contributed by atoms with Gasteiger partial charge in [-0.15, -0.1) is 0 Å². The summed E-state index contributed by atoms with van der Waals surface area (Å²) >= 11 is 0. The number of hydrogen-bond donors (Lipinski definition) is 1. The fourth-order valence-corrected chi connectivity index (χ4v) is 4.53. The first-order valence-electron chi connectivity index (χ1n) is 5.09. The molecular weight excluding hydrogens is 208 g/mol. The molecule has 0 bridgehead atoms. The summed E-state index contributed by atoms with van der Waals surface area (Å²) < 4.78 is 11.1. The molecule has 0 aliphatic heterocycles. The van der Waals surface area contributed by atoms with Gasteiger partial charge in [-0.3, -0.25) is 0 Å². The quantitative estimate of drug-likeness (QED) is 0.777. The van der Waals surface area contributed by atoms with Gasteiger partial charge in [0.15, 0.2) is 0 Å². The summed E-state index contributed by atoms with van der Waals surface area (Å²) in [4.78, 5) is 0. The monoisotopic (exact) mass is 226 g/mol. The smallest absolute Gasteiger partial charge is 0.375 e. The third-order valence-corrected chi connectivity index (χ3v) is 6.27. The molecule has 0 unspecified atom stereocenters. The highest BCUT2D eigenvalue weighted by atomic mass is 28.4. The van der Waals surface area contributed by atoms with Gasteiger partial charge in [0, 0.05) is 19.4 Å². The Bertz CT molecular complexity index is 310. The summed E-state index contributed by atoms with van der Waals surface area (Å²) in [6, 6.07) is 8.09. The second-order valence-electron chi connectivity index (χ2n) is 3.43. The number of phenolic OH excluding ortho intramolecular Hbond substituents is 1. The van der Waals surface area contributed by atoms with Crippen LogP contribution in [-0.4, -0.2) is 27.9 Å². The highest BCUT2D eigenvalue weighted by Gasteiger charge is 2.39. The molecule has 1 N–H and O–H groups in total. The van der Waals surface area contributed by atoms with Crippen LogP contribution < -0.4 is 5.19 Å². The van der Waals surface area contributed by atoms with Gasteiger partial charge in [0.1, 0.15) is 5.75 Å². The lowest BCUT2D eigenvalue weighted by molar-refractivity contribution is 0.255. The summed E-state index contributed by atoms with van der Waals surface area (Å²) in [5.74, 6) is 0.265. The topological polar surface area (TPSA) is 38.7 Å². The predicted octanol–water partition coefficient (Wildman–Crippen LogP) is 1.74. The van der Waals surface area contributed by atoms with Crippen molar-refractivity contribution in [3.8, 4) is 5.75 Å². The predicted molar refractivity (Wildman–Crippen MR) is 62.6 cm³/mol. The molecule has 0 saturated heterocycles. The van der Waals surface area contributed by atoms with Crippen LogP contribution in [0.2, 0.25) is 6.04 Å². The molecule has 0 aliphatic carbocycles. The van der Waals surface area contributed by atoms with Crippen molar-refractivity contribution in [3.63, 3.8) is 0 Å². The number of phenols is 1. The van der Waals surface area contributed by atoms with Crippen LogP contribution in [-0.2, 0) is 8.85 Å². The summed E-state index contributed by atoms with van der Waals surface area (Å²) in [6.45, 7) is 2.08. The molecule has 0 aromatic heterocycles. The van der Waals surface area contributed by atoms with Crippen molar-refractivity contribution in [2.45, 2.75) is 19.4 Å². The maximum atomic E-state index is 9.81. The van der Waals surface area contributed by atoms with Crippen molar-refractivity contribution in [2.75, 3.05) is 14.2 Å². The zero-order valence-corrected chi connectivity index (χ0v) is 10.5. The molecule has 1 aromatic carbocycles. The van der Waals surface area contributed by atoms with E-state index in [4.69, 9.17) is 8.85 Å². The van der Waals surface area contributed by atoms with E-state index in [1.165, 1.54) is 0 Å². The molecule has 1 aromatic rings. The van der Waals surface area contributed by atoms with Gasteiger partial charge in [0.25, 0.3) is 0 Å². The van der Waals surface area contributed by atoms with Crippen LogP contribution in [0.3, 0.4) is 0 Å². The maximum absolute atomic E-state index is 9.81. The van der Waals surface area contributed by atoms with Gasteiger partial charge < -0.3 is 14.0 Å². The fraction of sp³-hybridized carbons (Fsp3) is 0.455. The molecule has 1 rings (SSSR count). The van der Waals surface area contributed by atoms with Crippen molar-refractivity contribution in [3.05, 3.63) is 24.3 Å². The van der Waals surface area contributed by atoms with Gasteiger partial charge in [-0.25, -0.2) is 0 Å². The van der Waals surface area contributed by atoms with E-state index < -0.39 is 8.56 Å². The van der Waals surface area contributed by atoms with Gasteiger partial charge in [0.05, 0.1) is 0 Å². The lowest BCUT2D eigenvalue weighted by atomic mass is 10.3. The molecule has 0 amide bonds. The van der Waals surface area contributed by atoms with E-state index in [0.29, 0.717) is 0 Å². The summed E-state index contributed by atoms with van der Waals surface area (Å²) in [6.07, 6.45) is 0.974. The van der Waals surface area contributed by atoms with Gasteiger partial charge in [-0.05, 0) is 12.1 Å². The molecule has 0 radical (unpaired) electrons. The summed E-state index contributed by atoms with van der Waals surface area (Å²) in [5.41, 5.74) is 0. The molecule has 15 heavy (non-hydrogen) atoms. The van der Waals surface area contributed by atoms with Crippen molar-refractivity contribution < 1.29 is 14.0 Å². The molecular formula is C11H18O3Si. The average Bonchev–Trinajstić information content (AvgIpc) is 2.27. The number of benzene rings is 1. The highest BCUT2D eigenvalue weighted by molar-refractivity contribution is 6.81. The van der Waals surface area contributed by atoms with E-state index in [2.05, 4.69) is 6.92 Å². The Labute approximate surface area is 91.9 Å². The Morgan fingerprint density at radius 2 is 1.80 bits per heavy atom. The van der Waals surface area contributed by atoms with E-state index in [0.717, 1.165) is 17.7 Å². The lowest BCUT2D eigenvalue weighted by Gasteiger charge is -2.27. The van der Waals surface area contributed by atoms with Crippen LogP contribution in [0.1, 0.15) is 13.3 Å². The van der Waals surface area contributed by atoms with Gasteiger partial charge >= 0.3 is 8.56 Å². The molecule has 0 spiro atoms. The number of para-hydroxylation sites is 1. The van der Waals surface area contributed by atoms with E-state index in [-0.39, 0.29) is 5.75 Å².